The molecule has 0 aliphatic heterocycles. The molecule has 0 aromatic carbocycles. The molecule has 0 fully saturated rings. The average molecular weight is 211 g/mol. The maximum atomic E-state index is 11.4. The van der Waals surface area contributed by atoms with Crippen LogP contribution in [0.15, 0.2) is 17.4 Å². The Balaban J connectivity index is 3.21. The summed E-state index contributed by atoms with van der Waals surface area (Å²) in [4.78, 5) is 14.0. The van der Waals surface area contributed by atoms with Crippen molar-refractivity contribution in [2.24, 2.45) is 0 Å². The van der Waals surface area contributed by atoms with Crippen LogP contribution in [0, 0.1) is 6.92 Å². The van der Waals surface area contributed by atoms with Crippen molar-refractivity contribution in [1.82, 2.24) is 4.98 Å². The SMILES string of the molecule is C=C(OCC)c1[nH]c(=O)c(C)cc1[NH2+]O. The Kier molecular flexibility index (Phi) is 3.65. The molecule has 1 aromatic heterocycles. The lowest BCUT2D eigenvalue weighted by atomic mass is 10.2. The van der Waals surface area contributed by atoms with E-state index in [9.17, 15) is 4.79 Å². The summed E-state index contributed by atoms with van der Waals surface area (Å²) in [7, 11) is 0. The van der Waals surface area contributed by atoms with Gasteiger partial charge in [0.05, 0.1) is 6.61 Å². The highest BCUT2D eigenvalue weighted by molar-refractivity contribution is 5.62. The van der Waals surface area contributed by atoms with Gasteiger partial charge in [-0.05, 0) is 13.8 Å². The normalized spacial score (nSPS) is 10.1. The van der Waals surface area contributed by atoms with Crippen molar-refractivity contribution in [3.05, 3.63) is 34.3 Å². The molecule has 0 saturated heterocycles. The molecule has 0 aliphatic carbocycles. The smallest absolute Gasteiger partial charge is 0.251 e. The topological polar surface area (TPSA) is 78.9 Å². The number of H-pyrrole nitrogens is 1. The molecule has 1 rings (SSSR count). The van der Waals surface area contributed by atoms with Crippen LogP contribution in [0.1, 0.15) is 18.2 Å². The van der Waals surface area contributed by atoms with E-state index in [0.29, 0.717) is 29.3 Å². The number of nitrogens with two attached hydrogens (primary N) is 1. The first-order valence-corrected chi connectivity index (χ1v) is 4.63. The van der Waals surface area contributed by atoms with E-state index in [1.165, 1.54) is 0 Å². The third kappa shape index (κ3) is 2.45. The van der Waals surface area contributed by atoms with Crippen molar-refractivity contribution in [3.8, 4) is 0 Å². The average Bonchev–Trinajstić information content (AvgIpc) is 2.21. The highest BCUT2D eigenvalue weighted by Gasteiger charge is 2.13. The molecule has 0 amide bonds. The summed E-state index contributed by atoms with van der Waals surface area (Å²) >= 11 is 0. The van der Waals surface area contributed by atoms with Gasteiger partial charge in [0.1, 0.15) is 11.5 Å². The highest BCUT2D eigenvalue weighted by atomic mass is 16.5. The van der Waals surface area contributed by atoms with Gasteiger partial charge in [0.15, 0.2) is 5.69 Å². The number of nitrogens with one attached hydrogen (secondary N) is 1. The first-order valence-electron chi connectivity index (χ1n) is 4.63. The van der Waals surface area contributed by atoms with E-state index in [4.69, 9.17) is 9.94 Å². The fourth-order valence-electron chi connectivity index (χ4n) is 1.23. The molecular formula is C10H15N2O3+. The summed E-state index contributed by atoms with van der Waals surface area (Å²) in [6, 6.07) is 1.58. The van der Waals surface area contributed by atoms with Crippen molar-refractivity contribution in [1.29, 1.82) is 0 Å². The summed E-state index contributed by atoms with van der Waals surface area (Å²) in [5.74, 6) is 0.343. The van der Waals surface area contributed by atoms with Gasteiger partial charge in [0.25, 0.3) is 5.56 Å². The zero-order chi connectivity index (χ0) is 11.4. The molecule has 5 nitrogen and oxygen atoms in total. The van der Waals surface area contributed by atoms with Crippen molar-refractivity contribution in [3.63, 3.8) is 0 Å². The van der Waals surface area contributed by atoms with Gasteiger partial charge >= 0.3 is 0 Å². The molecular weight excluding hydrogens is 196 g/mol. The molecule has 1 aromatic rings. The number of hydrogen-bond donors (Lipinski definition) is 3. The van der Waals surface area contributed by atoms with Crippen LogP contribution in [0.2, 0.25) is 0 Å². The van der Waals surface area contributed by atoms with Crippen molar-refractivity contribution in [2.45, 2.75) is 13.8 Å². The number of aryl methyl sites for hydroxylation is 1. The van der Waals surface area contributed by atoms with Gasteiger partial charge in [-0.15, -0.1) is 0 Å². The Bertz CT molecular complexity index is 423. The first-order chi connectivity index (χ1) is 7.10. The van der Waals surface area contributed by atoms with Gasteiger partial charge in [0.2, 0.25) is 0 Å². The number of rotatable bonds is 4. The van der Waals surface area contributed by atoms with E-state index in [1.807, 2.05) is 6.92 Å². The summed E-state index contributed by atoms with van der Waals surface area (Å²) in [5.41, 5.74) is 2.14. The number of pyridine rings is 1. The molecule has 0 spiro atoms. The first kappa shape index (κ1) is 11.5. The van der Waals surface area contributed by atoms with Crippen LogP contribution >= 0.6 is 0 Å². The van der Waals surface area contributed by atoms with Crippen LogP contribution in [-0.4, -0.2) is 16.8 Å². The zero-order valence-electron chi connectivity index (χ0n) is 8.83. The lowest BCUT2D eigenvalue weighted by molar-refractivity contribution is -0.826. The van der Waals surface area contributed by atoms with Gasteiger partial charge in [-0.2, -0.15) is 5.48 Å². The van der Waals surface area contributed by atoms with E-state index in [2.05, 4.69) is 11.6 Å². The predicted octanol–water partition coefficient (Wildman–Crippen LogP) is 0.275. The quantitative estimate of drug-likeness (QED) is 0.494. The van der Waals surface area contributed by atoms with E-state index in [0.717, 1.165) is 5.48 Å². The second kappa shape index (κ2) is 4.77. The van der Waals surface area contributed by atoms with Crippen LogP contribution < -0.4 is 11.0 Å². The number of hydrogen-bond acceptors (Lipinski definition) is 3. The Hall–Kier alpha value is -1.59. The number of ether oxygens (including phenoxy) is 1. The molecule has 0 unspecified atom stereocenters. The van der Waals surface area contributed by atoms with Crippen LogP contribution in [0.25, 0.3) is 5.76 Å². The van der Waals surface area contributed by atoms with Crippen LogP contribution in [0.3, 0.4) is 0 Å². The molecule has 0 saturated carbocycles. The molecule has 4 N–H and O–H groups in total. The van der Waals surface area contributed by atoms with E-state index in [-0.39, 0.29) is 5.56 Å². The lowest BCUT2D eigenvalue weighted by Gasteiger charge is -2.08. The van der Waals surface area contributed by atoms with Crippen LogP contribution in [0.5, 0.6) is 0 Å². The maximum absolute atomic E-state index is 11.4. The Morgan fingerprint density at radius 1 is 1.73 bits per heavy atom. The molecule has 5 heteroatoms. The molecule has 0 atom stereocenters. The van der Waals surface area contributed by atoms with Gasteiger partial charge in [-0.1, -0.05) is 6.58 Å². The molecule has 82 valence electrons. The minimum absolute atomic E-state index is 0.212. The fourth-order valence-corrected chi connectivity index (χ4v) is 1.23. The second-order valence-electron chi connectivity index (χ2n) is 3.10. The molecule has 1 heterocycles. The zero-order valence-corrected chi connectivity index (χ0v) is 8.83. The van der Waals surface area contributed by atoms with Crippen molar-refractivity contribution >= 4 is 11.4 Å². The minimum atomic E-state index is -0.212. The Morgan fingerprint density at radius 3 is 2.93 bits per heavy atom. The minimum Gasteiger partial charge on any atom is -0.492 e. The summed E-state index contributed by atoms with van der Waals surface area (Å²) < 4.78 is 5.17. The van der Waals surface area contributed by atoms with Gasteiger partial charge in [0, 0.05) is 11.6 Å². The monoisotopic (exact) mass is 211 g/mol. The van der Waals surface area contributed by atoms with Gasteiger partial charge < -0.3 is 9.72 Å². The second-order valence-corrected chi connectivity index (χ2v) is 3.10. The number of quaternary nitrogens is 1. The molecule has 0 radical (unpaired) electrons. The maximum Gasteiger partial charge on any atom is 0.251 e. The van der Waals surface area contributed by atoms with E-state index >= 15 is 0 Å². The molecule has 0 aliphatic rings. The lowest BCUT2D eigenvalue weighted by Crippen LogP contribution is -2.74. The van der Waals surface area contributed by atoms with Crippen LogP contribution in [0.4, 0.5) is 5.69 Å². The van der Waals surface area contributed by atoms with Gasteiger partial charge in [-0.25, -0.2) is 5.21 Å². The number of aromatic nitrogens is 1. The standard InChI is InChI=1S/C10H14N2O3/c1-4-15-7(3)9-8(12-14)5-6(2)10(13)11-9/h5,12,14H,3-4H2,1-2H3,(H,11,13)/p+1. The van der Waals surface area contributed by atoms with E-state index < -0.39 is 0 Å². The fraction of sp³-hybridized carbons (Fsp3) is 0.300. The van der Waals surface area contributed by atoms with E-state index in [1.54, 1.807) is 13.0 Å². The third-order valence-corrected chi connectivity index (χ3v) is 1.99. The molecule has 15 heavy (non-hydrogen) atoms. The highest BCUT2D eigenvalue weighted by Crippen LogP contribution is 2.16. The van der Waals surface area contributed by atoms with Gasteiger partial charge in [-0.3, -0.25) is 4.79 Å². The molecule has 0 bridgehead atoms. The van der Waals surface area contributed by atoms with Crippen LogP contribution in [-0.2, 0) is 4.74 Å². The Morgan fingerprint density at radius 2 is 2.40 bits per heavy atom. The summed E-state index contributed by atoms with van der Waals surface area (Å²) in [6.07, 6.45) is 0. The van der Waals surface area contributed by atoms with Crippen molar-refractivity contribution < 1.29 is 15.4 Å². The van der Waals surface area contributed by atoms with Crippen molar-refractivity contribution in [2.75, 3.05) is 6.61 Å². The Labute approximate surface area is 87.4 Å². The predicted molar refractivity (Wildman–Crippen MR) is 55.8 cm³/mol. The summed E-state index contributed by atoms with van der Waals surface area (Å²) in [6.45, 7) is 7.61. The number of aromatic amines is 1. The summed E-state index contributed by atoms with van der Waals surface area (Å²) in [5, 5.41) is 9.01. The largest absolute Gasteiger partial charge is 0.492 e. The third-order valence-electron chi connectivity index (χ3n) is 1.99.